The summed E-state index contributed by atoms with van der Waals surface area (Å²) in [7, 11) is 0. The van der Waals surface area contributed by atoms with Gasteiger partial charge >= 0.3 is 0 Å². The van der Waals surface area contributed by atoms with E-state index in [1.165, 1.54) is 96.5 Å². The van der Waals surface area contributed by atoms with Crippen LogP contribution in [0.25, 0.3) is 102 Å². The summed E-state index contributed by atoms with van der Waals surface area (Å²) in [6.07, 6.45) is 0. The highest BCUT2D eigenvalue weighted by Crippen LogP contribution is 2.44. The Labute approximate surface area is 292 Å². The van der Waals surface area contributed by atoms with Gasteiger partial charge in [-0.15, -0.1) is 11.3 Å². The fourth-order valence-electron chi connectivity index (χ4n) is 8.24. The normalized spacial score (nSPS) is 12.0. The van der Waals surface area contributed by atoms with E-state index in [9.17, 15) is 0 Å². The van der Waals surface area contributed by atoms with Gasteiger partial charge in [0.05, 0.1) is 11.0 Å². The van der Waals surface area contributed by atoms with Gasteiger partial charge in [-0.25, -0.2) is 0 Å². The van der Waals surface area contributed by atoms with Gasteiger partial charge in [0.15, 0.2) is 0 Å². The Morgan fingerprint density at radius 1 is 0.280 bits per heavy atom. The number of nitrogens with zero attached hydrogens (tertiary/aromatic N) is 1. The summed E-state index contributed by atoms with van der Waals surface area (Å²) < 4.78 is 5.16. The van der Waals surface area contributed by atoms with Crippen molar-refractivity contribution in [2.24, 2.45) is 0 Å². The number of hydrogen-bond acceptors (Lipinski definition) is 1. The number of hydrogen-bond donors (Lipinski definition) is 0. The van der Waals surface area contributed by atoms with Crippen LogP contribution in [0.4, 0.5) is 0 Å². The molecule has 0 aliphatic carbocycles. The minimum atomic E-state index is 1.16. The Bertz CT molecular complexity index is 3070. The van der Waals surface area contributed by atoms with E-state index in [1.54, 1.807) is 0 Å². The largest absolute Gasteiger partial charge is 0.309 e. The van der Waals surface area contributed by atoms with Crippen molar-refractivity contribution >= 4 is 85.6 Å². The number of benzene rings is 9. The van der Waals surface area contributed by atoms with Crippen molar-refractivity contribution in [2.45, 2.75) is 0 Å². The maximum atomic E-state index is 2.49. The second-order valence-corrected chi connectivity index (χ2v) is 14.4. The fraction of sp³-hybridized carbons (Fsp3) is 0. The van der Waals surface area contributed by atoms with Crippen molar-refractivity contribution in [1.29, 1.82) is 0 Å². The van der Waals surface area contributed by atoms with Crippen LogP contribution in [0.5, 0.6) is 0 Å². The number of para-hydroxylation sites is 1. The highest BCUT2D eigenvalue weighted by molar-refractivity contribution is 7.25. The molecule has 0 aliphatic rings. The summed E-state index contributed by atoms with van der Waals surface area (Å²) in [5.74, 6) is 0. The average molecular weight is 652 g/mol. The fourth-order valence-corrected chi connectivity index (χ4v) is 9.37. The first kappa shape index (κ1) is 27.7. The standard InChI is InChI=1S/C48H29NS/c1-3-13-30(14-4-1)32-23-33(31-15-5-2-6-16-31)25-34(24-32)49-45-21-11-9-19-37(45)43-26-39-35-17-7-8-18-36(35)40-27-44-38-20-10-12-22-47(38)50-48(44)29-42(40)41(39)28-46(43)49/h1-29H. The molecule has 2 heterocycles. The third-order valence-corrected chi connectivity index (χ3v) is 11.7. The van der Waals surface area contributed by atoms with Crippen molar-refractivity contribution in [3.63, 3.8) is 0 Å². The lowest BCUT2D eigenvalue weighted by Gasteiger charge is -2.15. The number of fused-ring (bicyclic) bond motifs is 12. The van der Waals surface area contributed by atoms with Crippen molar-refractivity contribution in [3.8, 4) is 27.9 Å². The second-order valence-electron chi connectivity index (χ2n) is 13.3. The molecule has 0 amide bonds. The van der Waals surface area contributed by atoms with Crippen LogP contribution in [-0.2, 0) is 0 Å². The molecule has 9 aromatic carbocycles. The lowest BCUT2D eigenvalue weighted by Crippen LogP contribution is -1.96. The van der Waals surface area contributed by atoms with Crippen LogP contribution in [0.15, 0.2) is 176 Å². The quantitative estimate of drug-likeness (QED) is 0.168. The third kappa shape index (κ3) is 4.06. The molecule has 0 N–H and O–H groups in total. The Hall–Kier alpha value is -6.22. The molecule has 0 saturated carbocycles. The Morgan fingerprint density at radius 3 is 1.48 bits per heavy atom. The van der Waals surface area contributed by atoms with Crippen molar-refractivity contribution < 1.29 is 0 Å². The van der Waals surface area contributed by atoms with Gasteiger partial charge in [-0.2, -0.15) is 0 Å². The van der Waals surface area contributed by atoms with E-state index in [-0.39, 0.29) is 0 Å². The highest BCUT2D eigenvalue weighted by atomic mass is 32.1. The maximum Gasteiger partial charge on any atom is 0.0547 e. The van der Waals surface area contributed by atoms with Crippen molar-refractivity contribution in [2.75, 3.05) is 0 Å². The lowest BCUT2D eigenvalue weighted by molar-refractivity contribution is 1.18. The molecule has 0 atom stereocenters. The number of thiophene rings is 1. The molecule has 11 rings (SSSR count). The van der Waals surface area contributed by atoms with Crippen molar-refractivity contribution in [3.05, 3.63) is 176 Å². The van der Waals surface area contributed by atoms with Gasteiger partial charge in [0, 0.05) is 36.6 Å². The molecular formula is C48H29NS. The molecule has 232 valence electrons. The molecule has 0 saturated heterocycles. The summed E-state index contributed by atoms with van der Waals surface area (Å²) in [5, 5.41) is 13.0. The first-order chi connectivity index (χ1) is 24.8. The zero-order chi connectivity index (χ0) is 32.8. The molecule has 0 unspecified atom stereocenters. The van der Waals surface area contributed by atoms with E-state index in [0.717, 1.165) is 5.69 Å². The monoisotopic (exact) mass is 651 g/mol. The van der Waals surface area contributed by atoms with Crippen molar-refractivity contribution in [1.82, 2.24) is 4.57 Å². The van der Waals surface area contributed by atoms with E-state index in [2.05, 4.69) is 180 Å². The second kappa shape index (κ2) is 10.6. The first-order valence-electron chi connectivity index (χ1n) is 17.2. The summed E-state index contributed by atoms with van der Waals surface area (Å²) >= 11 is 1.89. The van der Waals surface area contributed by atoms with Crippen LogP contribution >= 0.6 is 11.3 Å². The highest BCUT2D eigenvalue weighted by Gasteiger charge is 2.19. The number of rotatable bonds is 3. The molecule has 0 bridgehead atoms. The van der Waals surface area contributed by atoms with E-state index < -0.39 is 0 Å². The van der Waals surface area contributed by atoms with Gasteiger partial charge in [-0.3, -0.25) is 0 Å². The molecule has 1 nitrogen and oxygen atoms in total. The summed E-state index contributed by atoms with van der Waals surface area (Å²) in [5.41, 5.74) is 8.42. The van der Waals surface area contributed by atoms with Gasteiger partial charge in [0.25, 0.3) is 0 Å². The summed E-state index contributed by atoms with van der Waals surface area (Å²) in [4.78, 5) is 0. The van der Waals surface area contributed by atoms with E-state index in [4.69, 9.17) is 0 Å². The molecule has 50 heavy (non-hydrogen) atoms. The lowest BCUT2D eigenvalue weighted by atomic mass is 9.92. The van der Waals surface area contributed by atoms with Gasteiger partial charge in [0.2, 0.25) is 0 Å². The smallest absolute Gasteiger partial charge is 0.0547 e. The molecule has 0 spiro atoms. The Balaban J connectivity index is 1.29. The SMILES string of the molecule is c1ccc(-c2cc(-c3ccccc3)cc(-n3c4ccccc4c4cc5c6ccccc6c6cc7c(cc6c5cc43)sc3ccccc37)c2)cc1. The van der Waals surface area contributed by atoms with Crippen LogP contribution < -0.4 is 0 Å². The van der Waals surface area contributed by atoms with Gasteiger partial charge in [-0.1, -0.05) is 121 Å². The van der Waals surface area contributed by atoms with Crippen LogP contribution in [0.1, 0.15) is 0 Å². The molecule has 2 heteroatoms. The van der Waals surface area contributed by atoms with Gasteiger partial charge in [-0.05, 0) is 109 Å². The molecule has 0 radical (unpaired) electrons. The zero-order valence-corrected chi connectivity index (χ0v) is 27.9. The van der Waals surface area contributed by atoms with Crippen LogP contribution in [-0.4, -0.2) is 4.57 Å². The molecule has 0 aliphatic heterocycles. The minimum absolute atomic E-state index is 1.16. The molecule has 11 aromatic rings. The predicted molar refractivity (Wildman–Crippen MR) is 217 cm³/mol. The average Bonchev–Trinajstić information content (AvgIpc) is 3.72. The first-order valence-corrected chi connectivity index (χ1v) is 18.0. The van der Waals surface area contributed by atoms with E-state index in [0.29, 0.717) is 0 Å². The van der Waals surface area contributed by atoms with Gasteiger partial charge in [0.1, 0.15) is 0 Å². The molecule has 0 fully saturated rings. The summed E-state index contributed by atoms with van der Waals surface area (Å²) in [6, 6.07) is 65.0. The molecular weight excluding hydrogens is 623 g/mol. The Morgan fingerprint density at radius 2 is 0.800 bits per heavy atom. The van der Waals surface area contributed by atoms with Crippen LogP contribution in [0.2, 0.25) is 0 Å². The summed E-state index contributed by atoms with van der Waals surface area (Å²) in [6.45, 7) is 0. The van der Waals surface area contributed by atoms with Crippen LogP contribution in [0, 0.1) is 0 Å². The van der Waals surface area contributed by atoms with Crippen LogP contribution in [0.3, 0.4) is 0 Å². The third-order valence-electron chi connectivity index (χ3n) is 10.5. The van der Waals surface area contributed by atoms with E-state index in [1.807, 2.05) is 11.3 Å². The maximum absolute atomic E-state index is 2.49. The zero-order valence-electron chi connectivity index (χ0n) is 27.1. The van der Waals surface area contributed by atoms with E-state index >= 15 is 0 Å². The minimum Gasteiger partial charge on any atom is -0.309 e. The Kier molecular flexibility index (Phi) is 5.89. The predicted octanol–water partition coefficient (Wildman–Crippen LogP) is 13.9. The molecule has 2 aromatic heterocycles. The topological polar surface area (TPSA) is 4.93 Å². The number of aromatic nitrogens is 1. The van der Waals surface area contributed by atoms with Gasteiger partial charge < -0.3 is 4.57 Å².